The molecule has 1 aliphatic carbocycles. The van der Waals surface area contributed by atoms with Gasteiger partial charge in [-0.15, -0.1) is 0 Å². The molecule has 0 radical (unpaired) electrons. The Bertz CT molecular complexity index is 929. The first-order valence-corrected chi connectivity index (χ1v) is 9.91. The molecule has 0 unspecified atom stereocenters. The number of carbonyl (C=O) groups is 1. The van der Waals surface area contributed by atoms with Crippen molar-refractivity contribution < 1.29 is 9.53 Å². The molecule has 0 saturated heterocycles. The number of benzene rings is 1. The molecule has 27 heavy (non-hydrogen) atoms. The lowest BCUT2D eigenvalue weighted by Crippen LogP contribution is -2.45. The molecule has 1 saturated carbocycles. The molecule has 2 aromatic rings. The highest BCUT2D eigenvalue weighted by molar-refractivity contribution is 7.99. The number of nitrogens with one attached hydrogen (secondary N) is 1. The van der Waals surface area contributed by atoms with Gasteiger partial charge in [-0.3, -0.25) is 14.2 Å². The molecule has 0 spiro atoms. The molecule has 1 amide bonds. The maximum Gasteiger partial charge on any atom is 0.262 e. The third kappa shape index (κ3) is 4.31. The molecule has 1 fully saturated rings. The Labute approximate surface area is 161 Å². The predicted octanol–water partition coefficient (Wildman–Crippen LogP) is 2.09. The number of rotatable bonds is 7. The van der Waals surface area contributed by atoms with E-state index >= 15 is 0 Å². The summed E-state index contributed by atoms with van der Waals surface area (Å²) in [6, 6.07) is 9.40. The number of ether oxygens (including phenoxy) is 1. The number of nitrogens with zero attached hydrogens (tertiary/aromatic N) is 3. The van der Waals surface area contributed by atoms with Crippen LogP contribution in [0.3, 0.4) is 0 Å². The number of fused-ring (bicyclic) bond motifs is 1. The quantitative estimate of drug-likeness (QED) is 0.578. The Hall–Kier alpha value is -2.37. The topological polar surface area (TPSA) is 97.0 Å². The Morgan fingerprint density at radius 3 is 2.85 bits per heavy atom. The van der Waals surface area contributed by atoms with Gasteiger partial charge in [-0.25, -0.2) is 4.98 Å². The highest BCUT2D eigenvalue weighted by Crippen LogP contribution is 2.29. The zero-order valence-corrected chi connectivity index (χ0v) is 16.1. The maximum absolute atomic E-state index is 12.8. The van der Waals surface area contributed by atoms with Crippen molar-refractivity contribution in [1.29, 1.82) is 5.26 Å². The summed E-state index contributed by atoms with van der Waals surface area (Å²) in [5.74, 6) is -0.120. The highest BCUT2D eigenvalue weighted by Gasteiger charge is 2.35. The van der Waals surface area contributed by atoms with Gasteiger partial charge in [-0.1, -0.05) is 23.9 Å². The lowest BCUT2D eigenvalue weighted by Gasteiger charge is -2.22. The average molecular weight is 386 g/mol. The Morgan fingerprint density at radius 2 is 2.15 bits per heavy atom. The Balaban J connectivity index is 1.80. The zero-order valence-electron chi connectivity index (χ0n) is 15.2. The molecule has 1 aliphatic rings. The van der Waals surface area contributed by atoms with Crippen molar-refractivity contribution in [2.24, 2.45) is 0 Å². The van der Waals surface area contributed by atoms with E-state index in [4.69, 9.17) is 4.74 Å². The molecule has 0 atom stereocenters. The third-order valence-electron chi connectivity index (χ3n) is 4.73. The number of para-hydroxylation sites is 1. The minimum absolute atomic E-state index is 0.0984. The number of carbonyl (C=O) groups excluding carboxylic acids is 1. The molecule has 0 aliphatic heterocycles. The van der Waals surface area contributed by atoms with Crippen LogP contribution >= 0.6 is 11.8 Å². The number of methoxy groups -OCH3 is 1. The predicted molar refractivity (Wildman–Crippen MR) is 104 cm³/mol. The summed E-state index contributed by atoms with van der Waals surface area (Å²) in [5.41, 5.74) is -0.294. The van der Waals surface area contributed by atoms with Crippen molar-refractivity contribution in [3.63, 3.8) is 0 Å². The van der Waals surface area contributed by atoms with Gasteiger partial charge in [0.05, 0.1) is 35.9 Å². The molecule has 1 aromatic carbocycles. The van der Waals surface area contributed by atoms with Gasteiger partial charge in [0, 0.05) is 7.11 Å². The van der Waals surface area contributed by atoms with E-state index in [1.165, 1.54) is 11.8 Å². The number of hydrogen-bond acceptors (Lipinski definition) is 6. The summed E-state index contributed by atoms with van der Waals surface area (Å²) in [6.07, 6.45) is 3.27. The van der Waals surface area contributed by atoms with E-state index in [-0.39, 0.29) is 17.2 Å². The molecule has 8 heteroatoms. The van der Waals surface area contributed by atoms with Gasteiger partial charge in [0.2, 0.25) is 5.91 Å². The number of hydrogen-bond donors (Lipinski definition) is 1. The van der Waals surface area contributed by atoms with Gasteiger partial charge in [-0.05, 0) is 37.8 Å². The van der Waals surface area contributed by atoms with E-state index in [1.54, 1.807) is 29.9 Å². The largest absolute Gasteiger partial charge is 0.383 e. The fourth-order valence-corrected chi connectivity index (χ4v) is 4.14. The number of thioether (sulfide) groups is 1. The van der Waals surface area contributed by atoms with Crippen LogP contribution in [-0.2, 0) is 16.1 Å². The van der Waals surface area contributed by atoms with E-state index in [0.29, 0.717) is 42.1 Å². The van der Waals surface area contributed by atoms with E-state index in [0.717, 1.165) is 12.8 Å². The van der Waals surface area contributed by atoms with Crippen molar-refractivity contribution in [2.75, 3.05) is 19.5 Å². The van der Waals surface area contributed by atoms with E-state index in [2.05, 4.69) is 16.4 Å². The van der Waals surface area contributed by atoms with E-state index in [1.807, 2.05) is 6.07 Å². The summed E-state index contributed by atoms with van der Waals surface area (Å²) in [4.78, 5) is 29.7. The molecule has 3 rings (SSSR count). The van der Waals surface area contributed by atoms with Crippen molar-refractivity contribution in [1.82, 2.24) is 14.9 Å². The van der Waals surface area contributed by atoms with Crippen molar-refractivity contribution in [3.8, 4) is 6.07 Å². The Morgan fingerprint density at radius 1 is 1.41 bits per heavy atom. The SMILES string of the molecule is COCCn1c(SCC(=O)NC2(C#N)CCCC2)nc2ccccc2c1=O. The molecule has 142 valence electrons. The smallest absolute Gasteiger partial charge is 0.262 e. The highest BCUT2D eigenvalue weighted by atomic mass is 32.2. The minimum atomic E-state index is -0.746. The summed E-state index contributed by atoms with van der Waals surface area (Å²) in [6.45, 7) is 0.733. The second-order valence-corrected chi connectivity index (χ2v) is 7.54. The van der Waals surface area contributed by atoms with Gasteiger partial charge in [0.25, 0.3) is 5.56 Å². The van der Waals surface area contributed by atoms with Crippen LogP contribution in [0.1, 0.15) is 25.7 Å². The summed E-state index contributed by atoms with van der Waals surface area (Å²) < 4.78 is 6.64. The van der Waals surface area contributed by atoms with E-state index < -0.39 is 5.54 Å². The van der Waals surface area contributed by atoms with Crippen LogP contribution in [0, 0.1) is 11.3 Å². The van der Waals surface area contributed by atoms with Crippen LogP contribution in [0.5, 0.6) is 0 Å². The first-order valence-electron chi connectivity index (χ1n) is 8.92. The third-order valence-corrected chi connectivity index (χ3v) is 5.70. The standard InChI is InChI=1S/C19H22N4O3S/c1-26-11-10-23-17(25)14-6-2-3-7-15(14)21-18(23)27-12-16(24)22-19(13-20)8-4-5-9-19/h2-3,6-7H,4-5,8-12H2,1H3,(H,22,24). The lowest BCUT2D eigenvalue weighted by molar-refractivity contribution is -0.119. The summed E-state index contributed by atoms with van der Waals surface area (Å²) in [7, 11) is 1.57. The maximum atomic E-state index is 12.8. The molecule has 1 heterocycles. The van der Waals surface area contributed by atoms with Gasteiger partial charge in [-0.2, -0.15) is 5.26 Å². The van der Waals surface area contributed by atoms with Crippen LogP contribution in [-0.4, -0.2) is 40.5 Å². The summed E-state index contributed by atoms with van der Waals surface area (Å²) >= 11 is 1.20. The summed E-state index contributed by atoms with van der Waals surface area (Å²) in [5, 5.41) is 13.3. The first-order chi connectivity index (χ1) is 13.1. The second kappa shape index (κ2) is 8.55. The minimum Gasteiger partial charge on any atom is -0.383 e. The van der Waals surface area contributed by atoms with E-state index in [9.17, 15) is 14.9 Å². The second-order valence-electron chi connectivity index (χ2n) is 6.60. The van der Waals surface area contributed by atoms with Crippen molar-refractivity contribution >= 4 is 28.6 Å². The van der Waals surface area contributed by atoms with Gasteiger partial charge < -0.3 is 10.1 Å². The van der Waals surface area contributed by atoms with Gasteiger partial charge in [0.1, 0.15) is 5.54 Å². The van der Waals surface area contributed by atoms with Crippen LogP contribution in [0.25, 0.3) is 10.9 Å². The van der Waals surface area contributed by atoms with Crippen LogP contribution < -0.4 is 10.9 Å². The molecule has 1 N–H and O–H groups in total. The average Bonchev–Trinajstić information content (AvgIpc) is 3.15. The number of amides is 1. The lowest BCUT2D eigenvalue weighted by atomic mass is 10.0. The number of aromatic nitrogens is 2. The fraction of sp³-hybridized carbons (Fsp3) is 0.474. The normalized spacial score (nSPS) is 15.6. The fourth-order valence-electron chi connectivity index (χ4n) is 3.31. The molecule has 1 aromatic heterocycles. The van der Waals surface area contributed by atoms with Crippen molar-refractivity contribution in [3.05, 3.63) is 34.6 Å². The monoisotopic (exact) mass is 386 g/mol. The van der Waals surface area contributed by atoms with Crippen molar-refractivity contribution in [2.45, 2.75) is 42.9 Å². The molecular formula is C19H22N4O3S. The molecule has 0 bridgehead atoms. The van der Waals surface area contributed by atoms with Crippen LogP contribution in [0.4, 0.5) is 0 Å². The van der Waals surface area contributed by atoms with Crippen LogP contribution in [0.15, 0.2) is 34.2 Å². The van der Waals surface area contributed by atoms with Gasteiger partial charge in [0.15, 0.2) is 5.16 Å². The zero-order chi connectivity index (χ0) is 19.3. The van der Waals surface area contributed by atoms with Crippen LogP contribution in [0.2, 0.25) is 0 Å². The van der Waals surface area contributed by atoms with Gasteiger partial charge >= 0.3 is 0 Å². The number of nitriles is 1. The first kappa shape index (κ1) is 19.4. The Kier molecular flexibility index (Phi) is 6.14. The molecular weight excluding hydrogens is 364 g/mol. The molecule has 7 nitrogen and oxygen atoms in total.